The average Bonchev–Trinajstić information content (AvgIpc) is 3.10. The van der Waals surface area contributed by atoms with Crippen molar-refractivity contribution in [3.8, 4) is 0 Å². The van der Waals surface area contributed by atoms with Gasteiger partial charge in [-0.3, -0.25) is 14.9 Å². The number of para-hydroxylation sites is 1. The summed E-state index contributed by atoms with van der Waals surface area (Å²) in [5.74, 6) is 0.293. The van der Waals surface area contributed by atoms with E-state index >= 15 is 0 Å². The SMILES string of the molecule is Cc1sc(C(=O)NC(C)c2cc3ccccc3o2)cc1[N+](=O)[O-]. The lowest BCUT2D eigenvalue weighted by Crippen LogP contribution is -2.25. The van der Waals surface area contributed by atoms with Crippen LogP contribution in [0.2, 0.25) is 0 Å². The van der Waals surface area contributed by atoms with Crippen molar-refractivity contribution < 1.29 is 14.1 Å². The van der Waals surface area contributed by atoms with E-state index in [4.69, 9.17) is 4.42 Å². The maximum Gasteiger partial charge on any atom is 0.283 e. The zero-order chi connectivity index (χ0) is 16.6. The molecule has 23 heavy (non-hydrogen) atoms. The predicted molar refractivity (Wildman–Crippen MR) is 87.8 cm³/mol. The number of amides is 1. The number of furan rings is 1. The van der Waals surface area contributed by atoms with Gasteiger partial charge in [-0.15, -0.1) is 11.3 Å². The van der Waals surface area contributed by atoms with Crippen LogP contribution >= 0.6 is 11.3 Å². The van der Waals surface area contributed by atoms with E-state index in [9.17, 15) is 14.9 Å². The molecule has 1 unspecified atom stereocenters. The summed E-state index contributed by atoms with van der Waals surface area (Å²) in [4.78, 5) is 23.5. The fourth-order valence-electron chi connectivity index (χ4n) is 2.32. The molecule has 1 N–H and O–H groups in total. The standard InChI is InChI=1S/C16H14N2O4S/c1-9(14-7-11-5-3-4-6-13(11)22-14)17-16(19)15-8-12(18(20)21)10(2)23-15/h3-9H,1-2H3,(H,17,19). The Morgan fingerprint density at radius 1 is 1.35 bits per heavy atom. The largest absolute Gasteiger partial charge is 0.459 e. The lowest BCUT2D eigenvalue weighted by atomic mass is 10.2. The molecule has 0 spiro atoms. The van der Waals surface area contributed by atoms with E-state index in [2.05, 4.69) is 5.32 Å². The molecule has 6 nitrogen and oxygen atoms in total. The number of rotatable bonds is 4. The molecule has 0 aliphatic rings. The quantitative estimate of drug-likeness (QED) is 0.574. The van der Waals surface area contributed by atoms with Crippen LogP contribution in [0.5, 0.6) is 0 Å². The molecule has 118 valence electrons. The van der Waals surface area contributed by atoms with Crippen LogP contribution in [0.1, 0.15) is 33.3 Å². The minimum Gasteiger partial charge on any atom is -0.459 e. The van der Waals surface area contributed by atoms with Gasteiger partial charge in [0.05, 0.1) is 20.7 Å². The number of fused-ring (bicyclic) bond motifs is 1. The van der Waals surface area contributed by atoms with Crippen molar-refractivity contribution >= 4 is 33.9 Å². The number of hydrogen-bond acceptors (Lipinski definition) is 5. The van der Waals surface area contributed by atoms with Crippen LogP contribution in [0, 0.1) is 17.0 Å². The molecule has 0 aliphatic carbocycles. The first-order chi connectivity index (χ1) is 11.0. The molecule has 2 heterocycles. The number of carbonyl (C=O) groups is 1. The molecule has 7 heteroatoms. The summed E-state index contributed by atoms with van der Waals surface area (Å²) in [6.07, 6.45) is 0. The fraction of sp³-hybridized carbons (Fsp3) is 0.188. The van der Waals surface area contributed by atoms with E-state index in [0.717, 1.165) is 22.3 Å². The Bertz CT molecular complexity index is 864. The zero-order valence-electron chi connectivity index (χ0n) is 12.5. The van der Waals surface area contributed by atoms with Crippen molar-refractivity contribution in [1.82, 2.24) is 5.32 Å². The van der Waals surface area contributed by atoms with E-state index in [0.29, 0.717) is 15.5 Å². The summed E-state index contributed by atoms with van der Waals surface area (Å²) < 4.78 is 5.71. The third-order valence-corrected chi connectivity index (χ3v) is 4.57. The smallest absolute Gasteiger partial charge is 0.283 e. The van der Waals surface area contributed by atoms with E-state index < -0.39 is 4.92 Å². The lowest BCUT2D eigenvalue weighted by Gasteiger charge is -2.09. The zero-order valence-corrected chi connectivity index (χ0v) is 13.3. The van der Waals surface area contributed by atoms with Crippen LogP contribution in [0.15, 0.2) is 40.8 Å². The van der Waals surface area contributed by atoms with E-state index in [1.165, 1.54) is 6.07 Å². The number of carbonyl (C=O) groups excluding carboxylic acids is 1. The number of aryl methyl sites for hydroxylation is 1. The van der Waals surface area contributed by atoms with Crippen LogP contribution < -0.4 is 5.32 Å². The van der Waals surface area contributed by atoms with Crippen LogP contribution in [0.25, 0.3) is 11.0 Å². The second-order valence-corrected chi connectivity index (χ2v) is 6.45. The minimum absolute atomic E-state index is 0.0310. The maximum absolute atomic E-state index is 12.3. The molecule has 0 saturated carbocycles. The van der Waals surface area contributed by atoms with Crippen molar-refractivity contribution in [1.29, 1.82) is 0 Å². The maximum atomic E-state index is 12.3. The van der Waals surface area contributed by atoms with Gasteiger partial charge >= 0.3 is 0 Å². The van der Waals surface area contributed by atoms with Gasteiger partial charge in [0.25, 0.3) is 11.6 Å². The predicted octanol–water partition coefficient (Wildman–Crippen LogP) is 4.20. The number of nitro groups is 1. The van der Waals surface area contributed by atoms with Crippen LogP contribution in [-0.4, -0.2) is 10.8 Å². The highest BCUT2D eigenvalue weighted by molar-refractivity contribution is 7.14. The summed E-state index contributed by atoms with van der Waals surface area (Å²) in [5, 5.41) is 14.6. The monoisotopic (exact) mass is 330 g/mol. The number of nitrogens with one attached hydrogen (secondary N) is 1. The Labute approximate surface area is 135 Å². The van der Waals surface area contributed by atoms with E-state index in [-0.39, 0.29) is 17.6 Å². The van der Waals surface area contributed by atoms with Crippen molar-refractivity contribution in [3.05, 3.63) is 62.0 Å². The number of nitrogens with zero attached hydrogens (tertiary/aromatic N) is 1. The number of hydrogen-bond donors (Lipinski definition) is 1. The van der Waals surface area contributed by atoms with Crippen LogP contribution in [0.3, 0.4) is 0 Å². The van der Waals surface area contributed by atoms with Crippen molar-refractivity contribution in [3.63, 3.8) is 0 Å². The van der Waals surface area contributed by atoms with Gasteiger partial charge in [-0.25, -0.2) is 0 Å². The Balaban J connectivity index is 1.79. The first kappa shape index (κ1) is 15.2. The van der Waals surface area contributed by atoms with Gasteiger partial charge in [0, 0.05) is 11.5 Å². The van der Waals surface area contributed by atoms with Gasteiger partial charge < -0.3 is 9.73 Å². The van der Waals surface area contributed by atoms with E-state index in [1.54, 1.807) is 6.92 Å². The highest BCUT2D eigenvalue weighted by atomic mass is 32.1. The van der Waals surface area contributed by atoms with Crippen molar-refractivity contribution in [2.24, 2.45) is 0 Å². The summed E-state index contributed by atoms with van der Waals surface area (Å²) in [6, 6.07) is 10.4. The van der Waals surface area contributed by atoms with Gasteiger partial charge in [0.15, 0.2) is 0 Å². The molecule has 1 atom stereocenters. The highest BCUT2D eigenvalue weighted by Crippen LogP contribution is 2.29. The third-order valence-electron chi connectivity index (χ3n) is 3.53. The summed E-state index contributed by atoms with van der Waals surface area (Å²) in [5.41, 5.74) is 0.725. The molecule has 3 rings (SSSR count). The second-order valence-electron chi connectivity index (χ2n) is 5.19. The number of benzene rings is 1. The third kappa shape index (κ3) is 2.95. The minimum atomic E-state index is -0.481. The molecule has 0 radical (unpaired) electrons. The van der Waals surface area contributed by atoms with Gasteiger partial charge in [-0.2, -0.15) is 0 Å². The van der Waals surface area contributed by atoms with E-state index in [1.807, 2.05) is 37.3 Å². The molecule has 3 aromatic rings. The molecular weight excluding hydrogens is 316 g/mol. The summed E-state index contributed by atoms with van der Waals surface area (Å²) in [6.45, 7) is 3.44. The van der Waals surface area contributed by atoms with Gasteiger partial charge in [-0.1, -0.05) is 18.2 Å². The van der Waals surface area contributed by atoms with Gasteiger partial charge in [-0.05, 0) is 26.0 Å². The topological polar surface area (TPSA) is 85.4 Å². The summed E-state index contributed by atoms with van der Waals surface area (Å²) >= 11 is 1.11. The Hall–Kier alpha value is -2.67. The Morgan fingerprint density at radius 3 is 2.74 bits per heavy atom. The molecule has 2 aromatic heterocycles. The number of thiophene rings is 1. The average molecular weight is 330 g/mol. The molecule has 0 saturated heterocycles. The lowest BCUT2D eigenvalue weighted by molar-refractivity contribution is -0.385. The molecule has 1 amide bonds. The van der Waals surface area contributed by atoms with Crippen LogP contribution in [-0.2, 0) is 0 Å². The first-order valence-corrected chi connectivity index (χ1v) is 7.81. The first-order valence-electron chi connectivity index (χ1n) is 7.00. The highest BCUT2D eigenvalue weighted by Gasteiger charge is 2.21. The van der Waals surface area contributed by atoms with Gasteiger partial charge in [0.2, 0.25) is 0 Å². The molecular formula is C16H14N2O4S. The normalized spacial score (nSPS) is 12.3. The molecule has 0 fully saturated rings. The fourth-order valence-corrected chi connectivity index (χ4v) is 3.21. The second kappa shape index (κ2) is 5.85. The van der Waals surface area contributed by atoms with Crippen LogP contribution in [0.4, 0.5) is 5.69 Å². The Kier molecular flexibility index (Phi) is 3.87. The van der Waals surface area contributed by atoms with Crippen molar-refractivity contribution in [2.75, 3.05) is 0 Å². The molecule has 0 bridgehead atoms. The summed E-state index contributed by atoms with van der Waals surface area (Å²) in [7, 11) is 0. The van der Waals surface area contributed by atoms with Crippen molar-refractivity contribution in [2.45, 2.75) is 19.9 Å². The Morgan fingerprint density at radius 2 is 2.09 bits per heavy atom. The molecule has 1 aromatic carbocycles. The van der Waals surface area contributed by atoms with Gasteiger partial charge in [0.1, 0.15) is 11.3 Å². The molecule has 0 aliphatic heterocycles.